The van der Waals surface area contributed by atoms with Gasteiger partial charge in [0.05, 0.1) is 15.4 Å². The van der Waals surface area contributed by atoms with E-state index >= 15 is 0 Å². The maximum atomic E-state index is 13.5. The molecule has 1 N–H and O–H groups in total. The summed E-state index contributed by atoms with van der Waals surface area (Å²) in [6.07, 6.45) is -10.6. The number of nitrogens with one attached hydrogen (secondary N) is 1. The van der Waals surface area contributed by atoms with Gasteiger partial charge in [-0.1, -0.05) is 0 Å². The van der Waals surface area contributed by atoms with Gasteiger partial charge in [-0.2, -0.15) is 30.6 Å². The fourth-order valence-electron chi connectivity index (χ4n) is 4.69. The van der Waals surface area contributed by atoms with Crippen LogP contribution in [-0.4, -0.2) is 60.6 Å². The van der Waals surface area contributed by atoms with Crippen molar-refractivity contribution in [2.45, 2.75) is 58.0 Å². The summed E-state index contributed by atoms with van der Waals surface area (Å²) >= 11 is 0. The maximum absolute atomic E-state index is 13.5. The maximum Gasteiger partial charge on any atom is 0.573 e. The molecule has 0 bridgehead atoms. The molecular formula is C22H19F9N2O7S3. The smallest absolute Gasteiger partial charge is 0.406 e. The number of sulfone groups is 1. The molecule has 1 unspecified atom stereocenters. The largest absolute Gasteiger partial charge is 0.573 e. The van der Waals surface area contributed by atoms with Gasteiger partial charge in [-0.25, -0.2) is 30.0 Å². The van der Waals surface area contributed by atoms with E-state index < -0.39 is 98.5 Å². The number of piperidine rings is 1. The van der Waals surface area contributed by atoms with Crippen LogP contribution in [0.4, 0.5) is 39.5 Å². The molecular weight excluding hydrogens is 671 g/mol. The summed E-state index contributed by atoms with van der Waals surface area (Å²) in [6, 6.07) is 1.93. The zero-order valence-electron chi connectivity index (χ0n) is 21.1. The van der Waals surface area contributed by atoms with Crippen LogP contribution in [0.2, 0.25) is 0 Å². The molecule has 2 aromatic carbocycles. The molecule has 0 radical (unpaired) electrons. The molecule has 43 heavy (non-hydrogen) atoms. The molecule has 0 aromatic heterocycles. The summed E-state index contributed by atoms with van der Waals surface area (Å²) < 4.78 is 198. The summed E-state index contributed by atoms with van der Waals surface area (Å²) in [5, 5.41) is 0. The van der Waals surface area contributed by atoms with Crippen molar-refractivity contribution >= 4 is 29.9 Å². The van der Waals surface area contributed by atoms with Crippen molar-refractivity contribution in [2.75, 3.05) is 13.1 Å². The number of nitrogens with zero attached hydrogens (tertiary/aromatic N) is 1. The van der Waals surface area contributed by atoms with E-state index in [9.17, 15) is 64.8 Å². The van der Waals surface area contributed by atoms with E-state index in [0.717, 1.165) is 0 Å². The first-order chi connectivity index (χ1) is 19.4. The highest BCUT2D eigenvalue weighted by Crippen LogP contribution is 2.55. The van der Waals surface area contributed by atoms with E-state index in [4.69, 9.17) is 0 Å². The molecule has 2 fully saturated rings. The standard InChI is InChI=1S/C22H19F9N2O7S3/c23-20(24,25)13-1-6-16(17(11-13)41(34,35)15-4-2-14(3-5-15)40-21(26,27)28)42(36,37)33-9-7-19(8-10-33)12-18(19)32-43(38,39)22(29,30)31/h1-6,11,18,32H,7-10,12H2. The predicted molar refractivity (Wildman–Crippen MR) is 127 cm³/mol. The predicted octanol–water partition coefficient (Wildman–Crippen LogP) is 4.42. The Morgan fingerprint density at radius 3 is 1.84 bits per heavy atom. The van der Waals surface area contributed by atoms with Crippen LogP contribution in [0.1, 0.15) is 24.8 Å². The third kappa shape index (κ3) is 6.74. The van der Waals surface area contributed by atoms with Gasteiger partial charge in [0.2, 0.25) is 19.9 Å². The summed E-state index contributed by atoms with van der Waals surface area (Å²) in [5.74, 6) is -0.860. The molecule has 240 valence electrons. The van der Waals surface area contributed by atoms with Crippen LogP contribution >= 0.6 is 0 Å². The molecule has 1 atom stereocenters. The lowest BCUT2D eigenvalue weighted by atomic mass is 9.94. The van der Waals surface area contributed by atoms with Gasteiger partial charge >= 0.3 is 28.1 Å². The molecule has 9 nitrogen and oxygen atoms in total. The Hall–Kier alpha value is -2.62. The van der Waals surface area contributed by atoms with Crippen LogP contribution in [0.5, 0.6) is 5.75 Å². The number of alkyl halides is 9. The van der Waals surface area contributed by atoms with Gasteiger partial charge < -0.3 is 4.74 Å². The molecule has 1 spiro atoms. The Kier molecular flexibility index (Phi) is 8.11. The van der Waals surface area contributed by atoms with E-state index in [2.05, 4.69) is 4.74 Å². The van der Waals surface area contributed by atoms with Gasteiger partial charge in [-0.15, -0.1) is 13.2 Å². The average Bonchev–Trinajstić information content (AvgIpc) is 3.51. The summed E-state index contributed by atoms with van der Waals surface area (Å²) in [4.78, 5) is -3.26. The molecule has 21 heteroatoms. The topological polar surface area (TPSA) is 127 Å². The summed E-state index contributed by atoms with van der Waals surface area (Å²) in [5.41, 5.74) is -8.13. The molecule has 2 aromatic rings. The second kappa shape index (κ2) is 10.5. The first kappa shape index (κ1) is 33.3. The molecule has 1 saturated carbocycles. The van der Waals surface area contributed by atoms with Gasteiger partial charge in [0.1, 0.15) is 10.6 Å². The van der Waals surface area contributed by atoms with Crippen LogP contribution in [0.3, 0.4) is 0 Å². The number of ether oxygens (including phenoxy) is 1. The van der Waals surface area contributed by atoms with Gasteiger partial charge in [0, 0.05) is 19.1 Å². The van der Waals surface area contributed by atoms with E-state index in [1.54, 1.807) is 0 Å². The molecule has 1 aliphatic heterocycles. The minimum atomic E-state index is -5.68. The lowest BCUT2D eigenvalue weighted by Crippen LogP contribution is -2.44. The number of sulfonamides is 2. The number of halogens is 9. The number of benzene rings is 2. The SMILES string of the molecule is O=S(=O)(c1ccc(OC(F)(F)F)cc1)c1cc(C(F)(F)F)ccc1S(=O)(=O)N1CCC2(CC1)CC2NS(=O)(=O)C(F)(F)F. The van der Waals surface area contributed by atoms with Crippen LogP contribution in [0, 0.1) is 5.41 Å². The number of hydrogen-bond acceptors (Lipinski definition) is 7. The summed E-state index contributed by atoms with van der Waals surface area (Å²) in [7, 11) is -15.7. The Bertz CT molecular complexity index is 1710. The lowest BCUT2D eigenvalue weighted by molar-refractivity contribution is -0.274. The Morgan fingerprint density at radius 2 is 1.35 bits per heavy atom. The van der Waals surface area contributed by atoms with Crippen molar-refractivity contribution in [3.63, 3.8) is 0 Å². The third-order valence-electron chi connectivity index (χ3n) is 7.06. The number of rotatable bonds is 7. The lowest BCUT2D eigenvalue weighted by Gasteiger charge is -2.32. The van der Waals surface area contributed by atoms with Crippen molar-refractivity contribution in [2.24, 2.45) is 5.41 Å². The average molecular weight is 691 g/mol. The van der Waals surface area contributed by atoms with Crippen molar-refractivity contribution in [1.29, 1.82) is 0 Å². The molecule has 0 amide bonds. The zero-order chi connectivity index (χ0) is 32.4. The van der Waals surface area contributed by atoms with Crippen LogP contribution in [-0.2, 0) is 36.1 Å². The summed E-state index contributed by atoms with van der Waals surface area (Å²) in [6.45, 7) is -0.868. The monoisotopic (exact) mass is 690 g/mol. The highest BCUT2D eigenvalue weighted by molar-refractivity contribution is 7.93. The zero-order valence-corrected chi connectivity index (χ0v) is 23.5. The molecule has 1 heterocycles. The third-order valence-corrected chi connectivity index (χ3v) is 12.2. The fraction of sp³-hybridized carbons (Fsp3) is 0.455. The Morgan fingerprint density at radius 1 is 0.791 bits per heavy atom. The van der Waals surface area contributed by atoms with Crippen LogP contribution in [0.15, 0.2) is 57.2 Å². The van der Waals surface area contributed by atoms with Crippen molar-refractivity contribution < 1.29 is 69.5 Å². The minimum absolute atomic E-state index is 0.0375. The minimum Gasteiger partial charge on any atom is -0.406 e. The van der Waals surface area contributed by atoms with E-state index in [0.29, 0.717) is 40.7 Å². The van der Waals surface area contributed by atoms with Gasteiger partial charge in [0.25, 0.3) is 0 Å². The Balaban J connectivity index is 1.64. The highest BCUT2D eigenvalue weighted by Gasteiger charge is 2.60. The Labute approximate surface area is 238 Å². The molecule has 1 saturated heterocycles. The number of hydrogen-bond donors (Lipinski definition) is 1. The van der Waals surface area contributed by atoms with Gasteiger partial charge in [-0.05, 0) is 67.1 Å². The van der Waals surface area contributed by atoms with Crippen LogP contribution in [0.25, 0.3) is 0 Å². The van der Waals surface area contributed by atoms with E-state index in [-0.39, 0.29) is 25.3 Å². The van der Waals surface area contributed by atoms with Gasteiger partial charge in [0.15, 0.2) is 0 Å². The molecule has 4 rings (SSSR count). The van der Waals surface area contributed by atoms with Crippen LogP contribution < -0.4 is 9.46 Å². The second-order valence-electron chi connectivity index (χ2n) is 9.77. The van der Waals surface area contributed by atoms with Crippen molar-refractivity contribution in [1.82, 2.24) is 9.03 Å². The quantitative estimate of drug-likeness (QED) is 0.427. The van der Waals surface area contributed by atoms with E-state index in [1.165, 1.54) is 4.72 Å². The van der Waals surface area contributed by atoms with Crippen molar-refractivity contribution in [3.05, 3.63) is 48.0 Å². The van der Waals surface area contributed by atoms with E-state index in [1.807, 2.05) is 0 Å². The molecule has 2 aliphatic rings. The van der Waals surface area contributed by atoms with Crippen molar-refractivity contribution in [3.8, 4) is 5.75 Å². The molecule has 1 aliphatic carbocycles. The first-order valence-corrected chi connectivity index (χ1v) is 16.2. The first-order valence-electron chi connectivity index (χ1n) is 11.8. The highest BCUT2D eigenvalue weighted by atomic mass is 32.2. The van der Waals surface area contributed by atoms with Gasteiger partial charge in [-0.3, -0.25) is 0 Å². The normalized spacial score (nSPS) is 20.3. The fourth-order valence-corrected chi connectivity index (χ4v) is 9.03. The second-order valence-corrected chi connectivity index (χ2v) is 15.3.